The molecule has 1 heterocycles. The van der Waals surface area contributed by atoms with E-state index in [1.807, 2.05) is 11.8 Å². The molecule has 1 saturated heterocycles. The van der Waals surface area contributed by atoms with Crippen LogP contribution >= 0.6 is 0 Å². The first-order valence-corrected chi connectivity index (χ1v) is 6.84. The molecule has 1 fully saturated rings. The normalized spacial score (nSPS) is 21.4. The zero-order chi connectivity index (χ0) is 13.5. The Labute approximate surface area is 109 Å². The summed E-state index contributed by atoms with van der Waals surface area (Å²) in [6.07, 6.45) is 3.86. The Bertz CT molecular complexity index is 294. The summed E-state index contributed by atoms with van der Waals surface area (Å²) in [6, 6.07) is -0.118. The Kier molecular flexibility index (Phi) is 5.95. The topological polar surface area (TPSA) is 69.6 Å². The van der Waals surface area contributed by atoms with Crippen molar-refractivity contribution in [1.82, 2.24) is 10.2 Å². The number of aliphatic carboxylic acids is 1. The fourth-order valence-corrected chi connectivity index (χ4v) is 2.31. The predicted octanol–water partition coefficient (Wildman–Crippen LogP) is 1.93. The number of likely N-dealkylation sites (tertiary alicyclic amines) is 1. The molecule has 5 nitrogen and oxygen atoms in total. The number of rotatable bonds is 5. The molecule has 0 bridgehead atoms. The minimum Gasteiger partial charge on any atom is -0.481 e. The maximum Gasteiger partial charge on any atom is 0.317 e. The Hall–Kier alpha value is -1.26. The first-order chi connectivity index (χ1) is 8.58. The minimum atomic E-state index is -0.845. The average Bonchev–Trinajstić information content (AvgIpc) is 2.38. The number of nitrogens with zero attached hydrogens (tertiary/aromatic N) is 1. The summed E-state index contributed by atoms with van der Waals surface area (Å²) in [6.45, 7) is 5.76. The molecule has 0 aliphatic carbocycles. The lowest BCUT2D eigenvalue weighted by atomic mass is 9.96. The number of amides is 2. The third-order valence-corrected chi connectivity index (χ3v) is 3.73. The van der Waals surface area contributed by atoms with Crippen molar-refractivity contribution >= 4 is 12.0 Å². The maximum atomic E-state index is 11.9. The molecule has 1 aliphatic rings. The standard InChI is InChI=1S/C13H24N2O3/c1-3-10-6-5-7-15(9-10)13(18)14-8-11(4-2)12(16)17/h10-11H,3-9H2,1-2H3,(H,14,18)(H,16,17). The van der Waals surface area contributed by atoms with Crippen LogP contribution in [0, 0.1) is 11.8 Å². The zero-order valence-electron chi connectivity index (χ0n) is 11.3. The van der Waals surface area contributed by atoms with Crippen LogP contribution in [-0.4, -0.2) is 41.6 Å². The minimum absolute atomic E-state index is 0.118. The number of hydrogen-bond acceptors (Lipinski definition) is 2. The molecule has 1 rings (SSSR count). The summed E-state index contributed by atoms with van der Waals surface area (Å²) < 4.78 is 0. The van der Waals surface area contributed by atoms with Gasteiger partial charge in [0.15, 0.2) is 0 Å². The molecule has 0 aromatic carbocycles. The summed E-state index contributed by atoms with van der Waals surface area (Å²) in [7, 11) is 0. The van der Waals surface area contributed by atoms with E-state index in [1.165, 1.54) is 6.42 Å². The van der Waals surface area contributed by atoms with E-state index in [0.29, 0.717) is 12.3 Å². The summed E-state index contributed by atoms with van der Waals surface area (Å²) in [5.41, 5.74) is 0. The van der Waals surface area contributed by atoms with Gasteiger partial charge in [0.05, 0.1) is 5.92 Å². The van der Waals surface area contributed by atoms with E-state index in [-0.39, 0.29) is 12.6 Å². The number of carboxylic acid groups (broad SMARTS) is 1. The first kappa shape index (κ1) is 14.8. The van der Waals surface area contributed by atoms with Crippen molar-refractivity contribution in [3.05, 3.63) is 0 Å². The van der Waals surface area contributed by atoms with Crippen LogP contribution in [0.1, 0.15) is 39.5 Å². The van der Waals surface area contributed by atoms with Crippen molar-refractivity contribution in [3.63, 3.8) is 0 Å². The molecule has 2 unspecified atom stereocenters. The summed E-state index contributed by atoms with van der Waals surface area (Å²) in [5, 5.41) is 11.6. The molecule has 0 saturated carbocycles. The fourth-order valence-electron chi connectivity index (χ4n) is 2.31. The highest BCUT2D eigenvalue weighted by Crippen LogP contribution is 2.19. The summed E-state index contributed by atoms with van der Waals surface area (Å²) in [5.74, 6) is -0.741. The van der Waals surface area contributed by atoms with Gasteiger partial charge in [-0.25, -0.2) is 4.79 Å². The van der Waals surface area contributed by atoms with Gasteiger partial charge < -0.3 is 15.3 Å². The van der Waals surface area contributed by atoms with E-state index in [2.05, 4.69) is 12.2 Å². The molecule has 18 heavy (non-hydrogen) atoms. The predicted molar refractivity (Wildman–Crippen MR) is 69.4 cm³/mol. The second kappa shape index (κ2) is 7.24. The lowest BCUT2D eigenvalue weighted by Gasteiger charge is -2.32. The number of nitrogens with one attached hydrogen (secondary N) is 1. The van der Waals surface area contributed by atoms with E-state index in [0.717, 1.165) is 25.9 Å². The van der Waals surface area contributed by atoms with E-state index in [1.54, 1.807) is 0 Å². The molecule has 0 radical (unpaired) electrons. The molecule has 2 atom stereocenters. The Morgan fingerprint density at radius 3 is 2.72 bits per heavy atom. The molecule has 2 N–H and O–H groups in total. The number of piperidine rings is 1. The van der Waals surface area contributed by atoms with Gasteiger partial charge in [0, 0.05) is 19.6 Å². The number of hydrogen-bond donors (Lipinski definition) is 2. The van der Waals surface area contributed by atoms with Gasteiger partial charge in [-0.05, 0) is 25.2 Å². The molecule has 0 spiro atoms. The number of carboxylic acids is 1. The van der Waals surface area contributed by atoms with E-state index in [9.17, 15) is 9.59 Å². The first-order valence-electron chi connectivity index (χ1n) is 6.84. The van der Waals surface area contributed by atoms with E-state index in [4.69, 9.17) is 5.11 Å². The van der Waals surface area contributed by atoms with Crippen LogP contribution in [0.4, 0.5) is 4.79 Å². The van der Waals surface area contributed by atoms with Crippen molar-refractivity contribution in [1.29, 1.82) is 0 Å². The van der Waals surface area contributed by atoms with Gasteiger partial charge in [-0.3, -0.25) is 4.79 Å². The maximum absolute atomic E-state index is 11.9. The van der Waals surface area contributed by atoms with Gasteiger partial charge in [0.2, 0.25) is 0 Å². The van der Waals surface area contributed by atoms with Gasteiger partial charge in [-0.2, -0.15) is 0 Å². The summed E-state index contributed by atoms with van der Waals surface area (Å²) >= 11 is 0. The zero-order valence-corrected chi connectivity index (χ0v) is 11.3. The van der Waals surface area contributed by atoms with Crippen molar-refractivity contribution < 1.29 is 14.7 Å². The molecule has 0 aromatic heterocycles. The highest BCUT2D eigenvalue weighted by atomic mass is 16.4. The van der Waals surface area contributed by atoms with Crippen LogP contribution in [0.15, 0.2) is 0 Å². The molecule has 5 heteroatoms. The monoisotopic (exact) mass is 256 g/mol. The SMILES string of the molecule is CCC1CCCN(C(=O)NCC(CC)C(=O)O)C1. The highest BCUT2D eigenvalue weighted by Gasteiger charge is 2.23. The van der Waals surface area contributed by atoms with Crippen LogP contribution < -0.4 is 5.32 Å². The lowest BCUT2D eigenvalue weighted by Crippen LogP contribution is -2.47. The van der Waals surface area contributed by atoms with Crippen LogP contribution in [0.25, 0.3) is 0 Å². The fraction of sp³-hybridized carbons (Fsp3) is 0.846. The van der Waals surface area contributed by atoms with Crippen LogP contribution in [0.3, 0.4) is 0 Å². The molecular formula is C13H24N2O3. The Morgan fingerprint density at radius 2 is 2.17 bits per heavy atom. The van der Waals surface area contributed by atoms with Crippen LogP contribution in [0.5, 0.6) is 0 Å². The van der Waals surface area contributed by atoms with Gasteiger partial charge in [-0.15, -0.1) is 0 Å². The van der Waals surface area contributed by atoms with Crippen molar-refractivity contribution in [3.8, 4) is 0 Å². The van der Waals surface area contributed by atoms with Crippen molar-refractivity contribution in [2.75, 3.05) is 19.6 Å². The Morgan fingerprint density at radius 1 is 1.44 bits per heavy atom. The number of urea groups is 1. The molecule has 0 aromatic rings. The van der Waals surface area contributed by atoms with E-state index < -0.39 is 11.9 Å². The second-order valence-electron chi connectivity index (χ2n) is 4.99. The van der Waals surface area contributed by atoms with Crippen molar-refractivity contribution in [2.24, 2.45) is 11.8 Å². The average molecular weight is 256 g/mol. The van der Waals surface area contributed by atoms with Crippen molar-refractivity contribution in [2.45, 2.75) is 39.5 Å². The quantitative estimate of drug-likeness (QED) is 0.789. The lowest BCUT2D eigenvalue weighted by molar-refractivity contribution is -0.141. The summed E-state index contributed by atoms with van der Waals surface area (Å²) in [4.78, 5) is 24.6. The second-order valence-corrected chi connectivity index (χ2v) is 4.99. The highest BCUT2D eigenvalue weighted by molar-refractivity contribution is 5.76. The smallest absolute Gasteiger partial charge is 0.317 e. The molecule has 2 amide bonds. The number of carbonyl (C=O) groups excluding carboxylic acids is 1. The Balaban J connectivity index is 2.38. The van der Waals surface area contributed by atoms with Gasteiger partial charge >= 0.3 is 12.0 Å². The molecular weight excluding hydrogens is 232 g/mol. The third kappa shape index (κ3) is 4.20. The van der Waals surface area contributed by atoms with Gasteiger partial charge in [0.25, 0.3) is 0 Å². The molecule has 1 aliphatic heterocycles. The van der Waals surface area contributed by atoms with Gasteiger partial charge in [0.1, 0.15) is 0 Å². The van der Waals surface area contributed by atoms with E-state index >= 15 is 0 Å². The molecule has 104 valence electrons. The largest absolute Gasteiger partial charge is 0.481 e. The van der Waals surface area contributed by atoms with Gasteiger partial charge in [-0.1, -0.05) is 20.3 Å². The van der Waals surface area contributed by atoms with Crippen LogP contribution in [-0.2, 0) is 4.79 Å². The van der Waals surface area contributed by atoms with Crippen LogP contribution in [0.2, 0.25) is 0 Å². The number of carbonyl (C=O) groups is 2. The third-order valence-electron chi connectivity index (χ3n) is 3.73.